The van der Waals surface area contributed by atoms with Gasteiger partial charge in [-0.1, -0.05) is 0 Å². The average Bonchev–Trinajstić information content (AvgIpc) is 2.80. The van der Waals surface area contributed by atoms with Gasteiger partial charge in [-0.2, -0.15) is 5.10 Å². The maximum atomic E-state index is 9.72. The number of rotatable bonds is 2. The summed E-state index contributed by atoms with van der Waals surface area (Å²) < 4.78 is 6.59. The van der Waals surface area contributed by atoms with Crippen molar-refractivity contribution >= 4 is 0 Å². The zero-order valence-corrected chi connectivity index (χ0v) is 8.42. The van der Waals surface area contributed by atoms with E-state index < -0.39 is 37.3 Å². The highest BCUT2D eigenvalue weighted by molar-refractivity contribution is 4.92. The van der Waals surface area contributed by atoms with Crippen LogP contribution in [0.3, 0.4) is 0 Å². The summed E-state index contributed by atoms with van der Waals surface area (Å²) in [6, 6.07) is 1.64. The number of hydrogen-bond donors (Lipinski definition) is 4. The van der Waals surface area contributed by atoms with Gasteiger partial charge in [-0.05, 0) is 6.07 Å². The Bertz CT molecular complexity index is 329. The molecule has 0 radical (unpaired) electrons. The lowest BCUT2D eigenvalue weighted by Crippen LogP contribution is -2.56. The van der Waals surface area contributed by atoms with Crippen LogP contribution < -0.4 is 0 Å². The van der Waals surface area contributed by atoms with Crippen LogP contribution in [0.1, 0.15) is 6.23 Å². The molecule has 5 atom stereocenters. The second-order valence-corrected chi connectivity index (χ2v) is 3.71. The molecule has 0 bridgehead atoms. The van der Waals surface area contributed by atoms with Crippen molar-refractivity contribution in [2.24, 2.45) is 0 Å². The number of aliphatic hydroxyl groups is 4. The minimum absolute atomic E-state index is 0.442. The summed E-state index contributed by atoms with van der Waals surface area (Å²) in [4.78, 5) is 0. The molecule has 7 heteroatoms. The van der Waals surface area contributed by atoms with E-state index in [1.165, 1.54) is 10.9 Å². The van der Waals surface area contributed by atoms with Gasteiger partial charge in [-0.25, -0.2) is 4.68 Å². The molecule has 1 fully saturated rings. The molecule has 4 N–H and O–H groups in total. The van der Waals surface area contributed by atoms with Gasteiger partial charge in [0.15, 0.2) is 6.23 Å². The lowest BCUT2D eigenvalue weighted by atomic mass is 9.98. The van der Waals surface area contributed by atoms with E-state index in [0.717, 1.165) is 0 Å². The van der Waals surface area contributed by atoms with E-state index in [0.29, 0.717) is 0 Å². The fourth-order valence-electron chi connectivity index (χ4n) is 1.73. The number of hydrogen-bond acceptors (Lipinski definition) is 6. The van der Waals surface area contributed by atoms with E-state index in [9.17, 15) is 15.3 Å². The first-order valence-corrected chi connectivity index (χ1v) is 4.95. The fraction of sp³-hybridized carbons (Fsp3) is 0.667. The van der Waals surface area contributed by atoms with Gasteiger partial charge in [0.25, 0.3) is 0 Å². The molecule has 1 saturated heterocycles. The lowest BCUT2D eigenvalue weighted by molar-refractivity contribution is -0.253. The Kier molecular flexibility index (Phi) is 3.22. The van der Waals surface area contributed by atoms with E-state index in [2.05, 4.69) is 5.10 Å². The molecule has 1 aliphatic rings. The van der Waals surface area contributed by atoms with Crippen molar-refractivity contribution in [2.45, 2.75) is 30.6 Å². The minimum atomic E-state index is -1.37. The molecule has 0 saturated carbocycles. The lowest BCUT2D eigenvalue weighted by Gasteiger charge is -2.39. The summed E-state index contributed by atoms with van der Waals surface area (Å²) in [6.45, 7) is -0.442. The standard InChI is InChI=1S/C9H14N2O5/c12-4-5-6(13)7(14)8(15)9(16-5)11-3-1-2-10-11/h1-3,5-9,12-15H,4H2/t5-,6-,7+,8-,9?/m1/s1. The van der Waals surface area contributed by atoms with E-state index in [1.807, 2.05) is 0 Å². The Morgan fingerprint density at radius 1 is 1.19 bits per heavy atom. The average molecular weight is 230 g/mol. The maximum absolute atomic E-state index is 9.72. The molecule has 1 aromatic rings. The third-order valence-corrected chi connectivity index (χ3v) is 2.65. The second-order valence-electron chi connectivity index (χ2n) is 3.71. The molecule has 0 spiro atoms. The highest BCUT2D eigenvalue weighted by atomic mass is 16.6. The van der Waals surface area contributed by atoms with Crippen molar-refractivity contribution in [1.29, 1.82) is 0 Å². The SMILES string of the molecule is OC[C@H]1OC(n2cccn2)[C@H](O)[C@@H](O)[C@@H]1O. The fourth-order valence-corrected chi connectivity index (χ4v) is 1.73. The summed E-state index contributed by atoms with van der Waals surface area (Å²) in [5, 5.41) is 41.6. The Labute approximate surface area is 91.5 Å². The molecule has 2 heterocycles. The van der Waals surface area contributed by atoms with Gasteiger partial charge < -0.3 is 25.2 Å². The molecule has 1 aliphatic heterocycles. The Morgan fingerprint density at radius 2 is 1.94 bits per heavy atom. The molecule has 0 aromatic carbocycles. The first kappa shape index (κ1) is 11.5. The van der Waals surface area contributed by atoms with E-state index in [1.54, 1.807) is 12.3 Å². The predicted molar refractivity (Wildman–Crippen MR) is 51.2 cm³/mol. The number of aliphatic hydroxyl groups excluding tert-OH is 4. The van der Waals surface area contributed by atoms with Crippen LogP contribution >= 0.6 is 0 Å². The summed E-state index contributed by atoms with van der Waals surface area (Å²) in [5.74, 6) is 0. The van der Waals surface area contributed by atoms with Crippen LogP contribution in [-0.4, -0.2) is 61.2 Å². The monoisotopic (exact) mass is 230 g/mol. The number of aromatic nitrogens is 2. The van der Waals surface area contributed by atoms with E-state index in [-0.39, 0.29) is 0 Å². The van der Waals surface area contributed by atoms with Crippen molar-refractivity contribution in [3.05, 3.63) is 18.5 Å². The normalized spacial score (nSPS) is 39.9. The van der Waals surface area contributed by atoms with Gasteiger partial charge in [0.05, 0.1) is 6.61 Å². The van der Waals surface area contributed by atoms with Crippen LogP contribution in [0.4, 0.5) is 0 Å². The molecule has 90 valence electrons. The molecule has 0 amide bonds. The molecule has 1 aromatic heterocycles. The summed E-state index contributed by atoms with van der Waals surface area (Å²) in [7, 11) is 0. The zero-order valence-electron chi connectivity index (χ0n) is 8.42. The molecule has 7 nitrogen and oxygen atoms in total. The second kappa shape index (κ2) is 4.48. The Hall–Kier alpha value is -0.990. The maximum Gasteiger partial charge on any atom is 0.179 e. The van der Waals surface area contributed by atoms with E-state index in [4.69, 9.17) is 9.84 Å². The van der Waals surface area contributed by atoms with Crippen LogP contribution in [0.15, 0.2) is 18.5 Å². The first-order valence-electron chi connectivity index (χ1n) is 4.95. The largest absolute Gasteiger partial charge is 0.394 e. The number of nitrogens with zero attached hydrogens (tertiary/aromatic N) is 2. The topological polar surface area (TPSA) is 108 Å². The van der Waals surface area contributed by atoms with Crippen LogP contribution in [0.5, 0.6) is 0 Å². The molecule has 0 aliphatic carbocycles. The summed E-state index contributed by atoms with van der Waals surface area (Å²) >= 11 is 0. The molecular formula is C9H14N2O5. The van der Waals surface area contributed by atoms with Gasteiger partial charge in [0, 0.05) is 12.4 Å². The van der Waals surface area contributed by atoms with Gasteiger partial charge >= 0.3 is 0 Å². The van der Waals surface area contributed by atoms with Crippen molar-refractivity contribution in [2.75, 3.05) is 6.61 Å². The van der Waals surface area contributed by atoms with Crippen molar-refractivity contribution in [1.82, 2.24) is 9.78 Å². The third-order valence-electron chi connectivity index (χ3n) is 2.65. The quantitative estimate of drug-likeness (QED) is 0.461. The first-order chi connectivity index (χ1) is 7.65. The predicted octanol–water partition coefficient (Wildman–Crippen LogP) is -2.14. The molecule has 16 heavy (non-hydrogen) atoms. The van der Waals surface area contributed by atoms with Crippen LogP contribution in [-0.2, 0) is 4.74 Å². The molecular weight excluding hydrogens is 216 g/mol. The molecule has 2 rings (SSSR count). The Morgan fingerprint density at radius 3 is 2.50 bits per heavy atom. The summed E-state index contributed by atoms with van der Waals surface area (Å²) in [5.41, 5.74) is 0. The van der Waals surface area contributed by atoms with Gasteiger partial charge in [0.1, 0.15) is 24.4 Å². The summed E-state index contributed by atoms with van der Waals surface area (Å²) in [6.07, 6.45) is -2.77. The van der Waals surface area contributed by atoms with E-state index >= 15 is 0 Å². The smallest absolute Gasteiger partial charge is 0.179 e. The zero-order chi connectivity index (χ0) is 11.7. The highest BCUT2D eigenvalue weighted by Gasteiger charge is 2.44. The van der Waals surface area contributed by atoms with Crippen LogP contribution in [0, 0.1) is 0 Å². The van der Waals surface area contributed by atoms with Crippen molar-refractivity contribution < 1.29 is 25.2 Å². The van der Waals surface area contributed by atoms with Gasteiger partial charge in [-0.15, -0.1) is 0 Å². The molecule has 1 unspecified atom stereocenters. The Balaban J connectivity index is 2.20. The van der Waals surface area contributed by atoms with Gasteiger partial charge in [0.2, 0.25) is 0 Å². The van der Waals surface area contributed by atoms with Crippen LogP contribution in [0.2, 0.25) is 0 Å². The van der Waals surface area contributed by atoms with Crippen molar-refractivity contribution in [3.8, 4) is 0 Å². The third kappa shape index (κ3) is 1.83. The van der Waals surface area contributed by atoms with Crippen LogP contribution in [0.25, 0.3) is 0 Å². The number of ether oxygens (including phenoxy) is 1. The van der Waals surface area contributed by atoms with Crippen molar-refractivity contribution in [3.63, 3.8) is 0 Å². The minimum Gasteiger partial charge on any atom is -0.394 e. The highest BCUT2D eigenvalue weighted by Crippen LogP contribution is 2.27. The van der Waals surface area contributed by atoms with Gasteiger partial charge in [-0.3, -0.25) is 0 Å².